The number of hydrogen-bond donors (Lipinski definition) is 1. The van der Waals surface area contributed by atoms with Crippen molar-refractivity contribution in [2.45, 2.75) is 6.92 Å². The molecule has 0 fully saturated rings. The van der Waals surface area contributed by atoms with Crippen molar-refractivity contribution >= 4 is 28.8 Å². The second kappa shape index (κ2) is 4.94. The van der Waals surface area contributed by atoms with Gasteiger partial charge in [0.15, 0.2) is 5.65 Å². The second-order valence-electron chi connectivity index (χ2n) is 4.34. The Bertz CT molecular complexity index is 797. The zero-order valence-electron chi connectivity index (χ0n) is 10.7. The Morgan fingerprint density at radius 3 is 2.95 bits per heavy atom. The molecule has 3 rings (SSSR count). The van der Waals surface area contributed by atoms with Gasteiger partial charge in [-0.2, -0.15) is 5.10 Å². The third-order valence-electron chi connectivity index (χ3n) is 2.97. The lowest BCUT2D eigenvalue weighted by Crippen LogP contribution is -2.17. The van der Waals surface area contributed by atoms with E-state index in [0.717, 1.165) is 5.56 Å². The molecule has 0 saturated heterocycles. The Hall–Kier alpha value is -2.40. The van der Waals surface area contributed by atoms with Crippen molar-refractivity contribution in [3.63, 3.8) is 0 Å². The van der Waals surface area contributed by atoms with Crippen LogP contribution in [0.1, 0.15) is 16.1 Å². The number of nitrogens with zero attached hydrogens (tertiary/aromatic N) is 3. The van der Waals surface area contributed by atoms with Crippen LogP contribution in [0, 0.1) is 6.92 Å². The SMILES string of the molecule is Cc1ccc(Cl)cc1NC(=O)c1ccnc2ccnn12. The number of carbonyl (C=O) groups excluding carboxylic acids is 1. The number of anilines is 1. The molecule has 0 aliphatic rings. The second-order valence-corrected chi connectivity index (χ2v) is 4.78. The smallest absolute Gasteiger partial charge is 0.274 e. The molecule has 0 saturated carbocycles. The summed E-state index contributed by atoms with van der Waals surface area (Å²) < 4.78 is 1.50. The molecule has 2 heterocycles. The minimum absolute atomic E-state index is 0.258. The number of hydrogen-bond acceptors (Lipinski definition) is 3. The maximum absolute atomic E-state index is 12.3. The van der Waals surface area contributed by atoms with Crippen molar-refractivity contribution in [1.29, 1.82) is 0 Å². The van der Waals surface area contributed by atoms with Crippen LogP contribution in [-0.4, -0.2) is 20.5 Å². The van der Waals surface area contributed by atoms with Crippen molar-refractivity contribution in [2.24, 2.45) is 0 Å². The number of amides is 1. The van der Waals surface area contributed by atoms with Gasteiger partial charge >= 0.3 is 0 Å². The maximum Gasteiger partial charge on any atom is 0.274 e. The summed E-state index contributed by atoms with van der Waals surface area (Å²) in [6.45, 7) is 1.90. The van der Waals surface area contributed by atoms with E-state index >= 15 is 0 Å². The Morgan fingerprint density at radius 2 is 2.10 bits per heavy atom. The minimum atomic E-state index is -0.258. The first-order valence-electron chi connectivity index (χ1n) is 6.01. The van der Waals surface area contributed by atoms with Gasteiger partial charge in [-0.3, -0.25) is 4.79 Å². The summed E-state index contributed by atoms with van der Waals surface area (Å²) in [5, 5.41) is 7.50. The van der Waals surface area contributed by atoms with E-state index < -0.39 is 0 Å². The molecular formula is C14H11ClN4O. The van der Waals surface area contributed by atoms with Crippen LogP contribution >= 0.6 is 11.6 Å². The average Bonchev–Trinajstić information content (AvgIpc) is 2.91. The number of halogens is 1. The van der Waals surface area contributed by atoms with E-state index in [4.69, 9.17) is 11.6 Å². The Labute approximate surface area is 120 Å². The van der Waals surface area contributed by atoms with Gasteiger partial charge in [-0.05, 0) is 30.7 Å². The van der Waals surface area contributed by atoms with Crippen molar-refractivity contribution in [3.8, 4) is 0 Å². The number of benzene rings is 1. The lowest BCUT2D eigenvalue weighted by atomic mass is 10.2. The number of rotatable bonds is 2. The first kappa shape index (κ1) is 12.6. The van der Waals surface area contributed by atoms with Gasteiger partial charge < -0.3 is 5.32 Å². The molecule has 1 N–H and O–H groups in total. The van der Waals surface area contributed by atoms with E-state index in [1.807, 2.05) is 13.0 Å². The summed E-state index contributed by atoms with van der Waals surface area (Å²) in [7, 11) is 0. The van der Waals surface area contributed by atoms with Crippen molar-refractivity contribution < 1.29 is 4.79 Å². The molecule has 0 aliphatic carbocycles. The summed E-state index contributed by atoms with van der Waals surface area (Å²) >= 11 is 5.95. The Morgan fingerprint density at radius 1 is 1.25 bits per heavy atom. The summed E-state index contributed by atoms with van der Waals surface area (Å²) in [5.74, 6) is -0.258. The Balaban J connectivity index is 1.97. The van der Waals surface area contributed by atoms with Gasteiger partial charge in [-0.1, -0.05) is 17.7 Å². The average molecular weight is 287 g/mol. The van der Waals surface area contributed by atoms with Gasteiger partial charge in [-0.15, -0.1) is 0 Å². The molecule has 0 aliphatic heterocycles. The lowest BCUT2D eigenvalue weighted by molar-refractivity contribution is 0.101. The third kappa shape index (κ3) is 2.23. The maximum atomic E-state index is 12.3. The van der Waals surface area contributed by atoms with E-state index in [1.165, 1.54) is 4.52 Å². The van der Waals surface area contributed by atoms with Crippen LogP contribution in [0.3, 0.4) is 0 Å². The van der Waals surface area contributed by atoms with Crippen molar-refractivity contribution in [2.75, 3.05) is 5.32 Å². The molecule has 2 aromatic heterocycles. The molecule has 0 atom stereocenters. The van der Waals surface area contributed by atoms with E-state index in [2.05, 4.69) is 15.4 Å². The molecule has 0 radical (unpaired) electrons. The minimum Gasteiger partial charge on any atom is -0.320 e. The van der Waals surface area contributed by atoms with Gasteiger partial charge in [0.1, 0.15) is 5.69 Å². The quantitative estimate of drug-likeness (QED) is 0.788. The first-order chi connectivity index (χ1) is 9.65. The van der Waals surface area contributed by atoms with Crippen LogP contribution in [0.4, 0.5) is 5.69 Å². The predicted molar refractivity (Wildman–Crippen MR) is 77.1 cm³/mol. The van der Waals surface area contributed by atoms with E-state index in [-0.39, 0.29) is 5.91 Å². The summed E-state index contributed by atoms with van der Waals surface area (Å²) in [6, 6.07) is 8.71. The fraction of sp³-hybridized carbons (Fsp3) is 0.0714. The number of nitrogens with one attached hydrogen (secondary N) is 1. The fourth-order valence-corrected chi connectivity index (χ4v) is 2.09. The molecule has 100 valence electrons. The van der Waals surface area contributed by atoms with Crippen molar-refractivity contribution in [1.82, 2.24) is 14.6 Å². The molecule has 1 aromatic carbocycles. The summed E-state index contributed by atoms with van der Waals surface area (Å²) in [6.07, 6.45) is 3.18. The highest BCUT2D eigenvalue weighted by atomic mass is 35.5. The molecule has 0 spiro atoms. The monoisotopic (exact) mass is 286 g/mol. The van der Waals surface area contributed by atoms with Crippen LogP contribution in [0.2, 0.25) is 5.02 Å². The standard InChI is InChI=1S/C14H11ClN4O/c1-9-2-3-10(15)8-11(9)18-14(20)12-4-6-16-13-5-7-17-19(12)13/h2-8H,1H3,(H,18,20). The molecular weight excluding hydrogens is 276 g/mol. The van der Waals surface area contributed by atoms with E-state index in [0.29, 0.717) is 22.1 Å². The van der Waals surface area contributed by atoms with Crippen LogP contribution in [0.15, 0.2) is 42.7 Å². The molecule has 1 amide bonds. The highest BCUT2D eigenvalue weighted by molar-refractivity contribution is 6.31. The van der Waals surface area contributed by atoms with Gasteiger partial charge in [-0.25, -0.2) is 9.50 Å². The predicted octanol–water partition coefficient (Wildman–Crippen LogP) is 2.94. The fourth-order valence-electron chi connectivity index (χ4n) is 1.92. The first-order valence-corrected chi connectivity index (χ1v) is 6.39. The number of aromatic nitrogens is 3. The third-order valence-corrected chi connectivity index (χ3v) is 3.21. The van der Waals surface area contributed by atoms with Gasteiger partial charge in [0, 0.05) is 23.0 Å². The number of fused-ring (bicyclic) bond motifs is 1. The molecule has 0 unspecified atom stereocenters. The van der Waals surface area contributed by atoms with Crippen LogP contribution in [-0.2, 0) is 0 Å². The number of aryl methyl sites for hydroxylation is 1. The zero-order chi connectivity index (χ0) is 14.1. The van der Waals surface area contributed by atoms with E-state index in [1.54, 1.807) is 36.7 Å². The van der Waals surface area contributed by atoms with Crippen LogP contribution in [0.5, 0.6) is 0 Å². The molecule has 20 heavy (non-hydrogen) atoms. The van der Waals surface area contributed by atoms with Crippen LogP contribution in [0.25, 0.3) is 5.65 Å². The Kier molecular flexibility index (Phi) is 3.12. The van der Waals surface area contributed by atoms with Gasteiger partial charge in [0.25, 0.3) is 5.91 Å². The summed E-state index contributed by atoms with van der Waals surface area (Å²) in [5.41, 5.74) is 2.66. The normalized spacial score (nSPS) is 10.7. The largest absolute Gasteiger partial charge is 0.320 e. The highest BCUT2D eigenvalue weighted by Crippen LogP contribution is 2.20. The number of carbonyl (C=O) groups is 1. The highest BCUT2D eigenvalue weighted by Gasteiger charge is 2.12. The molecule has 5 nitrogen and oxygen atoms in total. The summed E-state index contributed by atoms with van der Waals surface area (Å²) in [4.78, 5) is 16.5. The zero-order valence-corrected chi connectivity index (χ0v) is 11.4. The van der Waals surface area contributed by atoms with Crippen LogP contribution < -0.4 is 5.32 Å². The van der Waals surface area contributed by atoms with E-state index in [9.17, 15) is 4.79 Å². The topological polar surface area (TPSA) is 59.3 Å². The molecule has 6 heteroatoms. The van der Waals surface area contributed by atoms with Crippen molar-refractivity contribution in [3.05, 3.63) is 59.0 Å². The lowest BCUT2D eigenvalue weighted by Gasteiger charge is -2.09. The molecule has 0 bridgehead atoms. The van der Waals surface area contributed by atoms with Gasteiger partial charge in [0.2, 0.25) is 0 Å². The molecule has 3 aromatic rings. The van der Waals surface area contributed by atoms with Gasteiger partial charge in [0.05, 0.1) is 6.20 Å².